The zero-order chi connectivity index (χ0) is 33.1. The van der Waals surface area contributed by atoms with Crippen molar-refractivity contribution in [3.05, 3.63) is 111 Å². The molecular weight excluding hydrogens is 613 g/mol. The molecular formula is C38H45Cl2N5O. The first kappa shape index (κ1) is 35.3. The standard InChI is InChI=1S/C36H43Cl2N5O.C2H2/c1-4-5-6-26(2)34-22-30(36(44)40-23-29-9-12-32(38)21-27(29)3)24-39-35(34)43-19-17-42(18-20-43)33-13-15-41(16-14-33)25-28-7-10-31(37)11-8-28;1-2/h4-12,21-22,24,33H,13-20,23,25H2,1-3H3,(H,40,44);1-2H/b5-4-,26-6+;. The molecule has 0 aliphatic carbocycles. The lowest BCUT2D eigenvalue weighted by Gasteiger charge is -2.43. The first-order valence-electron chi connectivity index (χ1n) is 15.9. The van der Waals surface area contributed by atoms with E-state index < -0.39 is 0 Å². The van der Waals surface area contributed by atoms with Crippen molar-refractivity contribution in [2.24, 2.45) is 0 Å². The summed E-state index contributed by atoms with van der Waals surface area (Å²) in [5.41, 5.74) is 6.07. The highest BCUT2D eigenvalue weighted by Gasteiger charge is 2.29. The molecule has 0 atom stereocenters. The maximum absolute atomic E-state index is 13.2. The first-order valence-corrected chi connectivity index (χ1v) is 16.7. The second kappa shape index (κ2) is 17.4. The minimum Gasteiger partial charge on any atom is -0.354 e. The van der Waals surface area contributed by atoms with E-state index in [2.05, 4.69) is 58.0 Å². The lowest BCUT2D eigenvalue weighted by molar-refractivity contribution is 0.0950. The average Bonchev–Trinajstić information content (AvgIpc) is 3.09. The van der Waals surface area contributed by atoms with E-state index in [-0.39, 0.29) is 5.91 Å². The normalized spacial score (nSPS) is 16.7. The molecule has 2 fully saturated rings. The maximum atomic E-state index is 13.2. The van der Waals surface area contributed by atoms with Crippen LogP contribution in [0.3, 0.4) is 0 Å². The number of piperidine rings is 1. The molecule has 0 unspecified atom stereocenters. The van der Waals surface area contributed by atoms with Crippen LogP contribution in [-0.4, -0.2) is 66.0 Å². The van der Waals surface area contributed by atoms with E-state index in [4.69, 9.17) is 28.2 Å². The Morgan fingerprint density at radius 3 is 2.30 bits per heavy atom. The summed E-state index contributed by atoms with van der Waals surface area (Å²) in [5.74, 6) is 0.816. The quantitative estimate of drug-likeness (QED) is 0.189. The summed E-state index contributed by atoms with van der Waals surface area (Å²) in [6.45, 7) is 13.6. The van der Waals surface area contributed by atoms with E-state index in [1.54, 1.807) is 6.20 Å². The van der Waals surface area contributed by atoms with E-state index in [1.165, 1.54) is 18.4 Å². The molecule has 0 spiro atoms. The average molecular weight is 659 g/mol. The molecule has 1 aromatic heterocycles. The van der Waals surface area contributed by atoms with E-state index in [0.717, 1.165) is 78.9 Å². The van der Waals surface area contributed by atoms with Crippen molar-refractivity contribution in [3.63, 3.8) is 0 Å². The van der Waals surface area contributed by atoms with Crippen LogP contribution in [0.25, 0.3) is 5.57 Å². The van der Waals surface area contributed by atoms with Crippen LogP contribution in [0.1, 0.15) is 59.3 Å². The first-order chi connectivity index (χ1) is 22.3. The maximum Gasteiger partial charge on any atom is 0.253 e. The monoisotopic (exact) mass is 657 g/mol. The number of hydrogen-bond donors (Lipinski definition) is 1. The second-order valence-electron chi connectivity index (χ2n) is 11.9. The van der Waals surface area contributed by atoms with Gasteiger partial charge in [0.1, 0.15) is 5.82 Å². The summed E-state index contributed by atoms with van der Waals surface area (Å²) < 4.78 is 0. The fourth-order valence-electron chi connectivity index (χ4n) is 6.18. The highest BCUT2D eigenvalue weighted by Crippen LogP contribution is 2.29. The molecule has 0 saturated carbocycles. The van der Waals surface area contributed by atoms with Crippen molar-refractivity contribution in [1.82, 2.24) is 20.1 Å². The molecule has 3 heterocycles. The lowest BCUT2D eigenvalue weighted by Crippen LogP contribution is -2.53. The van der Waals surface area contributed by atoms with Crippen LogP contribution < -0.4 is 10.2 Å². The number of halogens is 2. The number of carbonyl (C=O) groups excluding carboxylic acids is 1. The molecule has 242 valence electrons. The molecule has 2 aromatic carbocycles. The van der Waals surface area contributed by atoms with Gasteiger partial charge < -0.3 is 10.2 Å². The summed E-state index contributed by atoms with van der Waals surface area (Å²) >= 11 is 12.2. The largest absolute Gasteiger partial charge is 0.354 e. The van der Waals surface area contributed by atoms with E-state index in [9.17, 15) is 4.79 Å². The van der Waals surface area contributed by atoms with Gasteiger partial charge in [0.15, 0.2) is 0 Å². The molecule has 3 aromatic rings. The third kappa shape index (κ3) is 9.47. The van der Waals surface area contributed by atoms with Crippen LogP contribution in [0.4, 0.5) is 5.82 Å². The number of aromatic nitrogens is 1. The van der Waals surface area contributed by atoms with Gasteiger partial charge in [-0.25, -0.2) is 4.98 Å². The SMILES string of the molecule is C#C.C/C=C\C=C(/C)c1cc(C(=O)NCc2ccc(Cl)cc2C)cnc1N1CCN(C2CCN(Cc3ccc(Cl)cc3)CC2)CC1. The topological polar surface area (TPSA) is 51.7 Å². The number of rotatable bonds is 9. The highest BCUT2D eigenvalue weighted by atomic mass is 35.5. The predicted molar refractivity (Wildman–Crippen MR) is 193 cm³/mol. The minimum absolute atomic E-state index is 0.134. The Labute approximate surface area is 285 Å². The number of carbonyl (C=O) groups is 1. The number of anilines is 1. The van der Waals surface area contributed by atoms with E-state index in [0.29, 0.717) is 23.2 Å². The zero-order valence-electron chi connectivity index (χ0n) is 27.2. The molecule has 2 saturated heterocycles. The zero-order valence-corrected chi connectivity index (χ0v) is 28.7. The van der Waals surface area contributed by atoms with Crippen molar-refractivity contribution >= 4 is 40.5 Å². The minimum atomic E-state index is -0.134. The van der Waals surface area contributed by atoms with Crippen LogP contribution in [0, 0.1) is 19.8 Å². The molecule has 8 heteroatoms. The van der Waals surface area contributed by atoms with Crippen LogP contribution in [0.15, 0.2) is 73.0 Å². The fourth-order valence-corrected chi connectivity index (χ4v) is 6.53. The van der Waals surface area contributed by atoms with Gasteiger partial charge in [-0.3, -0.25) is 14.6 Å². The Balaban J connectivity index is 0.00000235. The molecule has 1 amide bonds. The van der Waals surface area contributed by atoms with Gasteiger partial charge in [0.25, 0.3) is 5.91 Å². The number of pyridine rings is 1. The number of amides is 1. The van der Waals surface area contributed by atoms with Crippen molar-refractivity contribution in [2.75, 3.05) is 44.2 Å². The summed E-state index contributed by atoms with van der Waals surface area (Å²) in [6, 6.07) is 16.6. The van der Waals surface area contributed by atoms with Crippen molar-refractivity contribution in [1.29, 1.82) is 0 Å². The third-order valence-corrected chi connectivity index (χ3v) is 9.33. The van der Waals surface area contributed by atoms with Crippen LogP contribution in [0.5, 0.6) is 0 Å². The van der Waals surface area contributed by atoms with Gasteiger partial charge in [-0.05, 0) is 99.3 Å². The second-order valence-corrected chi connectivity index (χ2v) is 12.8. The molecule has 0 radical (unpaired) electrons. The Hall–Kier alpha value is -3.60. The van der Waals surface area contributed by atoms with Gasteiger partial charge in [-0.2, -0.15) is 0 Å². The summed E-state index contributed by atoms with van der Waals surface area (Å²) in [5, 5.41) is 4.55. The molecule has 0 bridgehead atoms. The van der Waals surface area contributed by atoms with Gasteiger partial charge in [0.2, 0.25) is 0 Å². The molecule has 46 heavy (non-hydrogen) atoms. The fraction of sp³-hybridized carbons (Fsp3) is 0.368. The number of terminal acetylenes is 1. The Morgan fingerprint density at radius 2 is 1.65 bits per heavy atom. The number of aryl methyl sites for hydroxylation is 1. The molecule has 2 aliphatic heterocycles. The van der Waals surface area contributed by atoms with Gasteiger partial charge >= 0.3 is 0 Å². The van der Waals surface area contributed by atoms with Crippen LogP contribution >= 0.6 is 23.2 Å². The van der Waals surface area contributed by atoms with E-state index >= 15 is 0 Å². The van der Waals surface area contributed by atoms with Gasteiger partial charge in [-0.1, -0.05) is 59.6 Å². The number of piperazine rings is 1. The number of nitrogens with zero attached hydrogens (tertiary/aromatic N) is 4. The smallest absolute Gasteiger partial charge is 0.253 e. The summed E-state index contributed by atoms with van der Waals surface area (Å²) in [4.78, 5) is 25.7. The van der Waals surface area contributed by atoms with Gasteiger partial charge in [-0.15, -0.1) is 12.8 Å². The summed E-state index contributed by atoms with van der Waals surface area (Å²) in [6.07, 6.45) is 18.2. The van der Waals surface area contributed by atoms with Gasteiger partial charge in [0.05, 0.1) is 5.56 Å². The van der Waals surface area contributed by atoms with Crippen molar-refractivity contribution in [2.45, 2.75) is 52.7 Å². The van der Waals surface area contributed by atoms with Gasteiger partial charge in [0, 0.05) is 67.1 Å². The predicted octanol–water partition coefficient (Wildman–Crippen LogP) is 7.64. The Bertz CT molecular complexity index is 1530. The number of allylic oxidation sites excluding steroid dienone is 4. The van der Waals surface area contributed by atoms with Crippen molar-refractivity contribution in [3.8, 4) is 12.8 Å². The molecule has 1 N–H and O–H groups in total. The number of hydrogen-bond acceptors (Lipinski definition) is 5. The number of likely N-dealkylation sites (tertiary alicyclic amines) is 1. The molecule has 6 nitrogen and oxygen atoms in total. The number of nitrogens with one attached hydrogen (secondary N) is 1. The third-order valence-electron chi connectivity index (χ3n) is 8.84. The molecule has 2 aliphatic rings. The van der Waals surface area contributed by atoms with Crippen LogP contribution in [-0.2, 0) is 13.1 Å². The lowest BCUT2D eigenvalue weighted by atomic mass is 10.0. The Morgan fingerprint density at radius 1 is 0.978 bits per heavy atom. The van der Waals surface area contributed by atoms with Crippen molar-refractivity contribution < 1.29 is 4.79 Å². The Kier molecular flexibility index (Phi) is 13.3. The number of benzene rings is 2. The summed E-state index contributed by atoms with van der Waals surface area (Å²) in [7, 11) is 0. The highest BCUT2D eigenvalue weighted by molar-refractivity contribution is 6.30. The van der Waals surface area contributed by atoms with Crippen LogP contribution in [0.2, 0.25) is 10.0 Å². The van der Waals surface area contributed by atoms with E-state index in [1.807, 2.05) is 62.4 Å². The molecule has 5 rings (SSSR count).